The standard InChI is InChI=1S/C13H16N2O5/c1-6-4-15(11(17)14-9(6)16)10-8-12(18)3-7(2)13(12,20-10)5-19-8/h4,7-8,10,18H,3,5H2,1-2H3,(H,14,16,17)/t7?,8?,10-,12?,13-/m1/s1. The summed E-state index contributed by atoms with van der Waals surface area (Å²) in [7, 11) is 0. The molecule has 1 aromatic rings. The number of aliphatic hydroxyl groups is 1. The molecule has 2 N–H and O–H groups in total. The van der Waals surface area contributed by atoms with Gasteiger partial charge in [-0.25, -0.2) is 4.79 Å². The Morgan fingerprint density at radius 2 is 2.25 bits per heavy atom. The summed E-state index contributed by atoms with van der Waals surface area (Å²) in [6.07, 6.45) is 0.800. The Hall–Kier alpha value is -1.44. The van der Waals surface area contributed by atoms with Gasteiger partial charge >= 0.3 is 5.69 Å². The molecule has 0 aromatic carbocycles. The van der Waals surface area contributed by atoms with Gasteiger partial charge in [0, 0.05) is 11.8 Å². The number of hydrogen-bond acceptors (Lipinski definition) is 5. The van der Waals surface area contributed by atoms with Crippen LogP contribution in [0.25, 0.3) is 0 Å². The maximum absolute atomic E-state index is 12.0. The molecule has 2 aliphatic heterocycles. The highest BCUT2D eigenvalue weighted by Gasteiger charge is 2.79. The number of H-pyrrole nitrogens is 1. The Balaban J connectivity index is 1.82. The van der Waals surface area contributed by atoms with Gasteiger partial charge in [0.25, 0.3) is 5.56 Å². The quantitative estimate of drug-likeness (QED) is 0.708. The SMILES string of the molecule is Cc1cn([C@@H]2O[C@@]34COC2C3(O)CC4C)c(=O)[nH]c1=O. The molecular weight excluding hydrogens is 264 g/mol. The third-order valence-electron chi connectivity index (χ3n) is 5.10. The molecule has 0 amide bonds. The molecule has 7 nitrogen and oxygen atoms in total. The van der Waals surface area contributed by atoms with Gasteiger partial charge in [0.1, 0.15) is 17.3 Å². The number of aryl methyl sites for hydroxylation is 1. The van der Waals surface area contributed by atoms with Crippen LogP contribution in [0.1, 0.15) is 25.1 Å². The third-order valence-corrected chi connectivity index (χ3v) is 5.10. The van der Waals surface area contributed by atoms with Crippen LogP contribution < -0.4 is 11.2 Å². The zero-order valence-corrected chi connectivity index (χ0v) is 11.3. The van der Waals surface area contributed by atoms with E-state index in [1.807, 2.05) is 6.92 Å². The van der Waals surface area contributed by atoms with E-state index in [-0.39, 0.29) is 5.92 Å². The van der Waals surface area contributed by atoms with E-state index in [4.69, 9.17) is 9.47 Å². The minimum absolute atomic E-state index is 0.182. The molecule has 0 radical (unpaired) electrons. The number of nitrogens with one attached hydrogen (secondary N) is 1. The highest BCUT2D eigenvalue weighted by Crippen LogP contribution is 2.64. The molecule has 7 heteroatoms. The fraction of sp³-hybridized carbons (Fsp3) is 0.692. The zero-order valence-electron chi connectivity index (χ0n) is 11.3. The lowest BCUT2D eigenvalue weighted by molar-refractivity contribution is -0.238. The van der Waals surface area contributed by atoms with Crippen LogP contribution in [-0.2, 0) is 9.47 Å². The van der Waals surface area contributed by atoms with E-state index in [0.29, 0.717) is 18.6 Å². The zero-order chi connectivity index (χ0) is 14.3. The van der Waals surface area contributed by atoms with Crippen molar-refractivity contribution in [1.29, 1.82) is 0 Å². The summed E-state index contributed by atoms with van der Waals surface area (Å²) in [5.41, 5.74) is -2.29. The van der Waals surface area contributed by atoms with Crippen LogP contribution in [0, 0.1) is 12.8 Å². The molecule has 108 valence electrons. The molecule has 5 atom stereocenters. The highest BCUT2D eigenvalue weighted by molar-refractivity contribution is 5.26. The van der Waals surface area contributed by atoms with Gasteiger partial charge in [0.2, 0.25) is 0 Å². The molecule has 3 unspecified atom stereocenters. The van der Waals surface area contributed by atoms with Crippen molar-refractivity contribution in [2.24, 2.45) is 5.92 Å². The third kappa shape index (κ3) is 1.13. The van der Waals surface area contributed by atoms with Gasteiger partial charge in [-0.1, -0.05) is 6.92 Å². The van der Waals surface area contributed by atoms with Crippen molar-refractivity contribution in [3.63, 3.8) is 0 Å². The predicted molar refractivity (Wildman–Crippen MR) is 67.4 cm³/mol. The normalized spacial score (nSPS) is 45.2. The molecule has 3 heterocycles. The lowest BCUT2D eigenvalue weighted by Crippen LogP contribution is -2.66. The lowest BCUT2D eigenvalue weighted by atomic mass is 9.59. The van der Waals surface area contributed by atoms with E-state index in [9.17, 15) is 14.7 Å². The Kier molecular flexibility index (Phi) is 2.10. The number of hydrogen-bond donors (Lipinski definition) is 2. The maximum Gasteiger partial charge on any atom is 0.330 e. The lowest BCUT2D eigenvalue weighted by Gasteiger charge is -2.51. The minimum Gasteiger partial charge on any atom is -0.384 e. The first-order valence-corrected chi connectivity index (χ1v) is 6.73. The first kappa shape index (κ1) is 12.3. The van der Waals surface area contributed by atoms with Crippen molar-refractivity contribution in [2.45, 2.75) is 43.8 Å². The van der Waals surface area contributed by atoms with E-state index in [1.54, 1.807) is 6.92 Å². The number of rotatable bonds is 1. The monoisotopic (exact) mass is 280 g/mol. The average Bonchev–Trinajstić information content (AvgIpc) is 2.74. The van der Waals surface area contributed by atoms with Gasteiger partial charge in [-0.3, -0.25) is 14.3 Å². The van der Waals surface area contributed by atoms with Crippen molar-refractivity contribution in [1.82, 2.24) is 9.55 Å². The predicted octanol–water partition coefficient (Wildman–Crippen LogP) is -0.718. The second-order valence-electron chi connectivity index (χ2n) is 6.14. The first-order valence-electron chi connectivity index (χ1n) is 6.73. The molecule has 4 rings (SSSR count). The van der Waals surface area contributed by atoms with Crippen LogP contribution >= 0.6 is 0 Å². The van der Waals surface area contributed by atoms with Crippen LogP contribution in [-0.4, -0.2) is 38.6 Å². The molecular formula is C13H16N2O5. The first-order chi connectivity index (χ1) is 9.39. The van der Waals surface area contributed by atoms with E-state index in [1.165, 1.54) is 10.8 Å². The summed E-state index contributed by atoms with van der Waals surface area (Å²) in [6, 6.07) is 0. The summed E-state index contributed by atoms with van der Waals surface area (Å²) in [4.78, 5) is 25.6. The van der Waals surface area contributed by atoms with Crippen LogP contribution in [0.2, 0.25) is 0 Å². The second-order valence-corrected chi connectivity index (χ2v) is 6.14. The largest absolute Gasteiger partial charge is 0.384 e. The van der Waals surface area contributed by atoms with E-state index >= 15 is 0 Å². The van der Waals surface area contributed by atoms with Gasteiger partial charge in [-0.2, -0.15) is 0 Å². The molecule has 1 aliphatic carbocycles. The molecule has 2 saturated heterocycles. The highest BCUT2D eigenvalue weighted by atomic mass is 16.7. The van der Waals surface area contributed by atoms with Crippen LogP contribution in [0.3, 0.4) is 0 Å². The molecule has 2 bridgehead atoms. The van der Waals surface area contributed by atoms with Crippen molar-refractivity contribution in [3.05, 3.63) is 32.6 Å². The van der Waals surface area contributed by atoms with Gasteiger partial charge in [0.15, 0.2) is 6.23 Å². The van der Waals surface area contributed by atoms with Crippen molar-refractivity contribution in [3.8, 4) is 0 Å². The van der Waals surface area contributed by atoms with Crippen LogP contribution in [0.4, 0.5) is 0 Å². The fourth-order valence-corrected chi connectivity index (χ4v) is 3.90. The van der Waals surface area contributed by atoms with Crippen molar-refractivity contribution < 1.29 is 14.6 Å². The molecule has 3 fully saturated rings. The molecule has 0 spiro atoms. The molecule has 3 aliphatic rings. The molecule has 20 heavy (non-hydrogen) atoms. The van der Waals surface area contributed by atoms with Crippen molar-refractivity contribution in [2.75, 3.05) is 6.61 Å². The number of ether oxygens (including phenoxy) is 2. The summed E-state index contributed by atoms with van der Waals surface area (Å²) < 4.78 is 13.0. The van der Waals surface area contributed by atoms with Gasteiger partial charge < -0.3 is 14.6 Å². The minimum atomic E-state index is -1.03. The van der Waals surface area contributed by atoms with Crippen LogP contribution in [0.5, 0.6) is 0 Å². The van der Waals surface area contributed by atoms with E-state index in [2.05, 4.69) is 4.98 Å². The van der Waals surface area contributed by atoms with Gasteiger partial charge in [0.05, 0.1) is 6.61 Å². The molecule has 1 aromatic heterocycles. The Bertz CT molecular complexity index is 709. The fourth-order valence-electron chi connectivity index (χ4n) is 3.90. The summed E-state index contributed by atoms with van der Waals surface area (Å²) in [5, 5.41) is 10.7. The number of aromatic amines is 1. The molecule has 1 saturated carbocycles. The van der Waals surface area contributed by atoms with E-state index in [0.717, 1.165) is 0 Å². The smallest absolute Gasteiger partial charge is 0.330 e. The second kappa shape index (κ2) is 3.41. The Morgan fingerprint density at radius 1 is 1.50 bits per heavy atom. The number of aromatic nitrogens is 2. The summed E-state index contributed by atoms with van der Waals surface area (Å²) in [6.45, 7) is 3.97. The Labute approximate surface area is 114 Å². The summed E-state index contributed by atoms with van der Waals surface area (Å²) in [5.74, 6) is 0.182. The Morgan fingerprint density at radius 3 is 2.90 bits per heavy atom. The topological polar surface area (TPSA) is 93.6 Å². The average molecular weight is 280 g/mol. The summed E-state index contributed by atoms with van der Waals surface area (Å²) >= 11 is 0. The van der Waals surface area contributed by atoms with E-state index < -0.39 is 34.8 Å². The number of nitrogens with zero attached hydrogens (tertiary/aromatic N) is 1. The van der Waals surface area contributed by atoms with Crippen molar-refractivity contribution >= 4 is 0 Å². The van der Waals surface area contributed by atoms with Gasteiger partial charge in [-0.05, 0) is 19.3 Å². The van der Waals surface area contributed by atoms with Gasteiger partial charge in [-0.15, -0.1) is 0 Å². The van der Waals surface area contributed by atoms with Crippen LogP contribution in [0.15, 0.2) is 15.8 Å². The maximum atomic E-state index is 12.0.